The monoisotopic (exact) mass is 284 g/mol. The third-order valence-corrected chi connectivity index (χ3v) is 4.20. The van der Waals surface area contributed by atoms with Crippen molar-refractivity contribution in [2.24, 2.45) is 0 Å². The molecule has 0 aliphatic rings. The van der Waals surface area contributed by atoms with Crippen molar-refractivity contribution in [1.82, 2.24) is 0 Å². The third kappa shape index (κ3) is 3.73. The Hall–Kier alpha value is -1.54. The molecule has 0 bridgehead atoms. The maximum Gasteiger partial charge on any atom is 0.163 e. The van der Waals surface area contributed by atoms with E-state index in [1.165, 1.54) is 10.5 Å². The molecule has 2 aromatic carbocycles. The van der Waals surface area contributed by atoms with E-state index in [-0.39, 0.29) is 5.78 Å². The Kier molecular flexibility index (Phi) is 5.02. The summed E-state index contributed by atoms with van der Waals surface area (Å²) in [6, 6.07) is 14.4. The standard InChI is InChI=1S/C18H20OS/c1-13-10-14(2)12-16(11-13)17(19)9-8-15-6-4-5-7-18(15)20-3/h4-7,10-12H,8-9H2,1-3H3. The molecule has 104 valence electrons. The van der Waals surface area contributed by atoms with Crippen molar-refractivity contribution in [3.63, 3.8) is 0 Å². The quantitative estimate of drug-likeness (QED) is 0.577. The van der Waals surface area contributed by atoms with Gasteiger partial charge in [-0.3, -0.25) is 4.79 Å². The first kappa shape index (κ1) is 14.9. The van der Waals surface area contributed by atoms with Gasteiger partial charge in [0.2, 0.25) is 0 Å². The number of carbonyl (C=O) groups is 1. The molecule has 2 heteroatoms. The molecule has 0 unspecified atom stereocenters. The molecule has 0 saturated heterocycles. The van der Waals surface area contributed by atoms with E-state index in [2.05, 4.69) is 24.5 Å². The topological polar surface area (TPSA) is 17.1 Å². The van der Waals surface area contributed by atoms with E-state index in [1.54, 1.807) is 11.8 Å². The van der Waals surface area contributed by atoms with E-state index in [0.29, 0.717) is 6.42 Å². The van der Waals surface area contributed by atoms with Crippen LogP contribution in [0.1, 0.15) is 33.5 Å². The second-order valence-electron chi connectivity index (χ2n) is 5.11. The van der Waals surface area contributed by atoms with E-state index in [1.807, 2.05) is 38.1 Å². The number of ketones is 1. The predicted molar refractivity (Wildman–Crippen MR) is 86.8 cm³/mol. The van der Waals surface area contributed by atoms with E-state index in [9.17, 15) is 4.79 Å². The first-order chi connectivity index (χ1) is 9.60. The van der Waals surface area contributed by atoms with Crippen molar-refractivity contribution in [2.45, 2.75) is 31.6 Å². The first-order valence-corrected chi connectivity index (χ1v) is 8.06. The largest absolute Gasteiger partial charge is 0.294 e. The van der Waals surface area contributed by atoms with E-state index in [4.69, 9.17) is 0 Å². The molecule has 0 N–H and O–H groups in total. The highest BCUT2D eigenvalue weighted by Crippen LogP contribution is 2.22. The smallest absolute Gasteiger partial charge is 0.163 e. The van der Waals surface area contributed by atoms with Gasteiger partial charge in [-0.15, -0.1) is 11.8 Å². The number of benzene rings is 2. The van der Waals surface area contributed by atoms with Crippen LogP contribution in [0, 0.1) is 13.8 Å². The van der Waals surface area contributed by atoms with Gasteiger partial charge in [0.05, 0.1) is 0 Å². The molecule has 1 nitrogen and oxygen atoms in total. The van der Waals surface area contributed by atoms with E-state index >= 15 is 0 Å². The van der Waals surface area contributed by atoms with E-state index < -0.39 is 0 Å². The minimum absolute atomic E-state index is 0.229. The van der Waals surface area contributed by atoms with Crippen molar-refractivity contribution in [2.75, 3.05) is 6.26 Å². The fourth-order valence-electron chi connectivity index (χ4n) is 2.44. The molecule has 0 spiro atoms. The third-order valence-electron chi connectivity index (χ3n) is 3.36. The molecule has 0 aliphatic heterocycles. The SMILES string of the molecule is CSc1ccccc1CCC(=O)c1cc(C)cc(C)c1. The van der Waals surface area contributed by atoms with Crippen molar-refractivity contribution >= 4 is 17.5 Å². The lowest BCUT2D eigenvalue weighted by Crippen LogP contribution is -2.02. The lowest BCUT2D eigenvalue weighted by atomic mass is 9.99. The summed E-state index contributed by atoms with van der Waals surface area (Å²) in [6.07, 6.45) is 3.45. The zero-order chi connectivity index (χ0) is 14.5. The summed E-state index contributed by atoms with van der Waals surface area (Å²) in [6.45, 7) is 4.07. The van der Waals surface area contributed by atoms with Gasteiger partial charge in [0.1, 0.15) is 0 Å². The van der Waals surface area contributed by atoms with Gasteiger partial charge in [-0.05, 0) is 50.3 Å². The van der Waals surface area contributed by atoms with Crippen LogP contribution in [0.2, 0.25) is 0 Å². The number of thioether (sulfide) groups is 1. The van der Waals surface area contributed by atoms with Crippen LogP contribution in [-0.4, -0.2) is 12.0 Å². The van der Waals surface area contributed by atoms with Crippen LogP contribution >= 0.6 is 11.8 Å². The number of carbonyl (C=O) groups excluding carboxylic acids is 1. The summed E-state index contributed by atoms with van der Waals surface area (Å²) in [5.74, 6) is 0.229. The van der Waals surface area contributed by atoms with Crippen molar-refractivity contribution in [1.29, 1.82) is 0 Å². The van der Waals surface area contributed by atoms with Crippen molar-refractivity contribution in [3.8, 4) is 0 Å². The molecule has 0 saturated carbocycles. The van der Waals surface area contributed by atoms with Gasteiger partial charge >= 0.3 is 0 Å². The Bertz CT molecular complexity index is 596. The number of rotatable bonds is 5. The van der Waals surface area contributed by atoms with Gasteiger partial charge in [-0.25, -0.2) is 0 Å². The second kappa shape index (κ2) is 6.76. The Morgan fingerprint density at radius 1 is 1.05 bits per heavy atom. The van der Waals surface area contributed by atoms with Gasteiger partial charge < -0.3 is 0 Å². The zero-order valence-electron chi connectivity index (χ0n) is 12.3. The lowest BCUT2D eigenvalue weighted by molar-refractivity contribution is 0.0982. The molecule has 0 heterocycles. The molecule has 0 aliphatic carbocycles. The lowest BCUT2D eigenvalue weighted by Gasteiger charge is -2.07. The zero-order valence-corrected chi connectivity index (χ0v) is 13.1. The van der Waals surface area contributed by atoms with Crippen LogP contribution in [0.5, 0.6) is 0 Å². The second-order valence-corrected chi connectivity index (χ2v) is 5.96. The highest BCUT2D eigenvalue weighted by atomic mass is 32.2. The highest BCUT2D eigenvalue weighted by Gasteiger charge is 2.09. The molecule has 0 amide bonds. The molecule has 0 fully saturated rings. The summed E-state index contributed by atoms with van der Waals surface area (Å²) >= 11 is 1.74. The highest BCUT2D eigenvalue weighted by molar-refractivity contribution is 7.98. The molecule has 0 atom stereocenters. The number of hydrogen-bond donors (Lipinski definition) is 0. The summed E-state index contributed by atoms with van der Waals surface area (Å²) in [7, 11) is 0. The number of aryl methyl sites for hydroxylation is 3. The molecule has 2 aromatic rings. The van der Waals surface area contributed by atoms with Crippen LogP contribution in [0.3, 0.4) is 0 Å². The van der Waals surface area contributed by atoms with Gasteiger partial charge in [0.15, 0.2) is 5.78 Å². The van der Waals surface area contributed by atoms with Gasteiger partial charge in [-0.2, -0.15) is 0 Å². The Balaban J connectivity index is 2.08. The maximum atomic E-state index is 12.3. The number of hydrogen-bond acceptors (Lipinski definition) is 2. The van der Waals surface area contributed by atoms with Crippen LogP contribution in [0.25, 0.3) is 0 Å². The van der Waals surface area contributed by atoms with E-state index in [0.717, 1.165) is 23.1 Å². The molecular weight excluding hydrogens is 264 g/mol. The minimum Gasteiger partial charge on any atom is -0.294 e. The summed E-state index contributed by atoms with van der Waals surface area (Å²) in [5.41, 5.74) is 4.40. The fourth-order valence-corrected chi connectivity index (χ4v) is 3.08. The Morgan fingerprint density at radius 2 is 1.70 bits per heavy atom. The van der Waals surface area contributed by atoms with Crippen LogP contribution in [-0.2, 0) is 6.42 Å². The molecule has 2 rings (SSSR count). The molecule has 0 aromatic heterocycles. The fraction of sp³-hybridized carbons (Fsp3) is 0.278. The van der Waals surface area contributed by atoms with Crippen molar-refractivity contribution < 1.29 is 4.79 Å². The average molecular weight is 284 g/mol. The molecular formula is C18H20OS. The normalized spacial score (nSPS) is 10.6. The van der Waals surface area contributed by atoms with Crippen LogP contribution in [0.15, 0.2) is 47.4 Å². The summed E-state index contributed by atoms with van der Waals surface area (Å²) in [4.78, 5) is 13.6. The molecule has 20 heavy (non-hydrogen) atoms. The molecule has 0 radical (unpaired) electrons. The Labute approximate surface area is 125 Å². The Morgan fingerprint density at radius 3 is 2.35 bits per heavy atom. The minimum atomic E-state index is 0.229. The van der Waals surface area contributed by atoms with Gasteiger partial charge in [0, 0.05) is 16.9 Å². The summed E-state index contributed by atoms with van der Waals surface area (Å²) < 4.78 is 0. The first-order valence-electron chi connectivity index (χ1n) is 6.83. The predicted octanol–water partition coefficient (Wildman–Crippen LogP) is 4.84. The van der Waals surface area contributed by atoms with Crippen LogP contribution < -0.4 is 0 Å². The maximum absolute atomic E-state index is 12.3. The number of Topliss-reactive ketones (excluding diaryl/α,β-unsaturated/α-hetero) is 1. The van der Waals surface area contributed by atoms with Crippen LogP contribution in [0.4, 0.5) is 0 Å². The van der Waals surface area contributed by atoms with Gasteiger partial charge in [-0.1, -0.05) is 35.4 Å². The van der Waals surface area contributed by atoms with Crippen molar-refractivity contribution in [3.05, 3.63) is 64.7 Å². The average Bonchev–Trinajstić information content (AvgIpc) is 2.44. The van der Waals surface area contributed by atoms with Gasteiger partial charge in [0.25, 0.3) is 0 Å². The summed E-state index contributed by atoms with van der Waals surface area (Å²) in [5, 5.41) is 0.